The molecule has 0 bridgehead atoms. The number of oxazole rings is 1. The quantitative estimate of drug-likeness (QED) is 0.591. The lowest BCUT2D eigenvalue weighted by Crippen LogP contribution is -2.36. The van der Waals surface area contributed by atoms with Crippen LogP contribution < -0.4 is 0 Å². The molecule has 2 aromatic heterocycles. The second-order valence-corrected chi connectivity index (χ2v) is 8.05. The monoisotopic (exact) mass is 371 g/mol. The Morgan fingerprint density at radius 3 is 2.54 bits per heavy atom. The Morgan fingerprint density at radius 1 is 1.23 bits per heavy atom. The Kier molecular flexibility index (Phi) is 4.36. The number of hydrogen-bond donors (Lipinski definition) is 0. The van der Waals surface area contributed by atoms with E-state index in [0.29, 0.717) is 0 Å². The van der Waals surface area contributed by atoms with Gasteiger partial charge >= 0.3 is 0 Å². The van der Waals surface area contributed by atoms with E-state index in [1.165, 1.54) is 24.8 Å². The molecule has 1 aliphatic carbocycles. The topological polar surface area (TPSA) is 33.7 Å². The van der Waals surface area contributed by atoms with Crippen LogP contribution in [0.2, 0.25) is 5.02 Å². The number of rotatable bonds is 6. The number of fused-ring (bicyclic) bond motifs is 1. The van der Waals surface area contributed by atoms with E-state index in [2.05, 4.69) is 25.8 Å². The molecule has 0 radical (unpaired) electrons. The van der Waals surface area contributed by atoms with E-state index >= 15 is 0 Å². The molecule has 1 aromatic carbocycles. The SMILES string of the molecule is CCCN(C)C1(Cc2c(C)nn3c(-c4ccc(Cl)cc4)c(C)oc23)CC1. The normalized spacial score (nSPS) is 15.9. The van der Waals surface area contributed by atoms with Crippen LogP contribution in [0, 0.1) is 13.8 Å². The molecule has 1 saturated carbocycles. The number of nitrogens with zero attached hydrogens (tertiary/aromatic N) is 3. The second kappa shape index (κ2) is 6.43. The van der Waals surface area contributed by atoms with Crippen LogP contribution in [0.15, 0.2) is 28.7 Å². The van der Waals surface area contributed by atoms with Crippen molar-refractivity contribution in [1.29, 1.82) is 0 Å². The van der Waals surface area contributed by atoms with Gasteiger partial charge in [0.05, 0.1) is 5.69 Å². The summed E-state index contributed by atoms with van der Waals surface area (Å²) in [6, 6.07) is 7.86. The first-order valence-electron chi connectivity index (χ1n) is 9.40. The fourth-order valence-electron chi connectivity index (χ4n) is 4.01. The zero-order valence-electron chi connectivity index (χ0n) is 16.0. The third-order valence-corrected chi connectivity index (χ3v) is 6.00. The van der Waals surface area contributed by atoms with Gasteiger partial charge in [0.2, 0.25) is 5.71 Å². The minimum Gasteiger partial charge on any atom is -0.441 e. The van der Waals surface area contributed by atoms with Crippen molar-refractivity contribution in [1.82, 2.24) is 14.5 Å². The summed E-state index contributed by atoms with van der Waals surface area (Å²) in [6.07, 6.45) is 4.70. The molecule has 0 aliphatic heterocycles. The van der Waals surface area contributed by atoms with Gasteiger partial charge < -0.3 is 9.32 Å². The van der Waals surface area contributed by atoms with E-state index in [-0.39, 0.29) is 5.54 Å². The first-order chi connectivity index (χ1) is 12.4. The number of benzene rings is 1. The van der Waals surface area contributed by atoms with Gasteiger partial charge in [0.1, 0.15) is 11.5 Å². The van der Waals surface area contributed by atoms with Crippen molar-refractivity contribution in [3.63, 3.8) is 0 Å². The Bertz CT molecular complexity index is 934. The van der Waals surface area contributed by atoms with E-state index < -0.39 is 0 Å². The lowest BCUT2D eigenvalue weighted by atomic mass is 10.0. The molecule has 1 fully saturated rings. The maximum absolute atomic E-state index is 6.20. The molecule has 0 spiro atoms. The summed E-state index contributed by atoms with van der Waals surface area (Å²) < 4.78 is 8.17. The van der Waals surface area contributed by atoms with Crippen molar-refractivity contribution in [2.45, 2.75) is 52.0 Å². The first kappa shape index (κ1) is 17.6. The predicted molar refractivity (Wildman–Crippen MR) is 106 cm³/mol. The van der Waals surface area contributed by atoms with Gasteiger partial charge in [0.25, 0.3) is 0 Å². The van der Waals surface area contributed by atoms with Crippen molar-refractivity contribution in [3.05, 3.63) is 46.3 Å². The van der Waals surface area contributed by atoms with Crippen molar-refractivity contribution in [3.8, 4) is 11.3 Å². The summed E-state index contributed by atoms with van der Waals surface area (Å²) in [6.45, 7) is 7.48. The zero-order valence-corrected chi connectivity index (χ0v) is 16.7. The van der Waals surface area contributed by atoms with Crippen LogP contribution in [0.4, 0.5) is 0 Å². The summed E-state index contributed by atoms with van der Waals surface area (Å²) in [5.41, 5.74) is 5.57. The number of likely N-dealkylation sites (N-methyl/N-ethyl adjacent to an activating group) is 1. The highest BCUT2D eigenvalue weighted by Gasteiger charge is 2.47. The van der Waals surface area contributed by atoms with Gasteiger partial charge in [-0.05, 0) is 65.3 Å². The largest absolute Gasteiger partial charge is 0.441 e. The van der Waals surface area contributed by atoms with E-state index in [0.717, 1.165) is 46.4 Å². The van der Waals surface area contributed by atoms with Crippen LogP contribution in [0.25, 0.3) is 17.0 Å². The Hall–Kier alpha value is -1.78. The first-order valence-corrected chi connectivity index (χ1v) is 9.78. The van der Waals surface area contributed by atoms with E-state index in [4.69, 9.17) is 21.1 Å². The van der Waals surface area contributed by atoms with Crippen molar-refractivity contribution in [2.24, 2.45) is 0 Å². The van der Waals surface area contributed by atoms with Gasteiger partial charge in [0.15, 0.2) is 0 Å². The van der Waals surface area contributed by atoms with Crippen LogP contribution in [0.3, 0.4) is 0 Å². The molecule has 0 amide bonds. The maximum atomic E-state index is 6.20. The van der Waals surface area contributed by atoms with Crippen LogP contribution in [-0.2, 0) is 6.42 Å². The van der Waals surface area contributed by atoms with E-state index in [1.54, 1.807) is 0 Å². The van der Waals surface area contributed by atoms with Crippen LogP contribution in [-0.4, -0.2) is 33.6 Å². The molecule has 3 aromatic rings. The summed E-state index contributed by atoms with van der Waals surface area (Å²) in [7, 11) is 2.25. The molecule has 26 heavy (non-hydrogen) atoms. The number of hydrogen-bond acceptors (Lipinski definition) is 3. The smallest absolute Gasteiger partial charge is 0.225 e. The van der Waals surface area contributed by atoms with E-state index in [1.807, 2.05) is 35.7 Å². The molecule has 0 N–H and O–H groups in total. The van der Waals surface area contributed by atoms with Gasteiger partial charge in [-0.25, -0.2) is 0 Å². The molecular formula is C21H26ClN3O. The molecule has 0 unspecified atom stereocenters. The molecule has 4 nitrogen and oxygen atoms in total. The average Bonchev–Trinajstić information content (AvgIpc) is 3.26. The standard InChI is InChI=1S/C21H26ClN3O/c1-5-12-24(4)21(10-11-21)13-18-14(2)23-25-19(15(3)26-20(18)25)16-6-8-17(22)9-7-16/h6-9H,5,10-13H2,1-4H3. The van der Waals surface area contributed by atoms with Crippen LogP contribution in [0.5, 0.6) is 0 Å². The minimum atomic E-state index is 0.283. The number of halogens is 1. The van der Waals surface area contributed by atoms with Gasteiger partial charge in [-0.1, -0.05) is 30.7 Å². The predicted octanol–water partition coefficient (Wildman–Crippen LogP) is 5.28. The van der Waals surface area contributed by atoms with Crippen molar-refractivity contribution in [2.75, 3.05) is 13.6 Å². The summed E-state index contributed by atoms with van der Waals surface area (Å²) in [5.74, 6) is 0.892. The highest BCUT2D eigenvalue weighted by Crippen LogP contribution is 2.45. The molecule has 4 rings (SSSR count). The molecule has 1 aliphatic rings. The van der Waals surface area contributed by atoms with Crippen molar-refractivity contribution < 1.29 is 4.42 Å². The highest BCUT2D eigenvalue weighted by atomic mass is 35.5. The number of aryl methyl sites for hydroxylation is 2. The van der Waals surface area contributed by atoms with Crippen LogP contribution >= 0.6 is 11.6 Å². The second-order valence-electron chi connectivity index (χ2n) is 7.62. The van der Waals surface area contributed by atoms with Crippen molar-refractivity contribution >= 4 is 17.3 Å². The summed E-state index contributed by atoms with van der Waals surface area (Å²) in [4.78, 5) is 2.52. The Balaban J connectivity index is 1.75. The van der Waals surface area contributed by atoms with Gasteiger partial charge in [-0.2, -0.15) is 9.61 Å². The van der Waals surface area contributed by atoms with E-state index in [9.17, 15) is 0 Å². The lowest BCUT2D eigenvalue weighted by Gasteiger charge is -2.27. The number of aromatic nitrogens is 2. The molecule has 138 valence electrons. The minimum absolute atomic E-state index is 0.283. The molecule has 5 heteroatoms. The Morgan fingerprint density at radius 2 is 1.92 bits per heavy atom. The fourth-order valence-corrected chi connectivity index (χ4v) is 4.14. The van der Waals surface area contributed by atoms with Gasteiger partial charge in [0, 0.05) is 21.7 Å². The average molecular weight is 372 g/mol. The Labute approximate surface area is 159 Å². The third-order valence-electron chi connectivity index (χ3n) is 5.75. The van der Waals surface area contributed by atoms with Gasteiger partial charge in [-0.15, -0.1) is 0 Å². The highest BCUT2D eigenvalue weighted by molar-refractivity contribution is 6.30. The molecule has 2 heterocycles. The zero-order chi connectivity index (χ0) is 18.5. The lowest BCUT2D eigenvalue weighted by molar-refractivity contribution is 0.220. The maximum Gasteiger partial charge on any atom is 0.225 e. The summed E-state index contributed by atoms with van der Waals surface area (Å²) in [5, 5.41) is 5.56. The fraction of sp³-hybridized carbons (Fsp3) is 0.476. The van der Waals surface area contributed by atoms with Crippen LogP contribution in [0.1, 0.15) is 43.2 Å². The summed E-state index contributed by atoms with van der Waals surface area (Å²) >= 11 is 6.04. The molecule has 0 saturated heterocycles. The third kappa shape index (κ3) is 2.85. The molecule has 0 atom stereocenters. The van der Waals surface area contributed by atoms with Gasteiger partial charge in [-0.3, -0.25) is 0 Å². The molecular weight excluding hydrogens is 346 g/mol.